The van der Waals surface area contributed by atoms with Crippen molar-refractivity contribution < 1.29 is 15.0 Å². The number of hydrogen-bond acceptors (Lipinski definition) is 2. The molecule has 0 heterocycles. The molecule has 0 aliphatic heterocycles. The number of rotatable bonds is 3. The lowest BCUT2D eigenvalue weighted by Crippen LogP contribution is -2.25. The van der Waals surface area contributed by atoms with Gasteiger partial charge in [0.25, 0.3) is 0 Å². The van der Waals surface area contributed by atoms with Gasteiger partial charge in [0, 0.05) is 6.42 Å². The van der Waals surface area contributed by atoms with E-state index in [1.165, 1.54) is 0 Å². The normalized spacial score (nSPS) is 31.2. The maximum atomic E-state index is 10.5. The van der Waals surface area contributed by atoms with E-state index in [9.17, 15) is 9.90 Å². The maximum Gasteiger partial charge on any atom is 0.303 e. The maximum absolute atomic E-state index is 10.5. The molecule has 0 aromatic heterocycles. The van der Waals surface area contributed by atoms with Gasteiger partial charge in [-0.2, -0.15) is 0 Å². The standard InChI is InChI=1S/C10H18O3/c1-7(11)9-4-2-3-8(5-9)6-10(12)13/h7-9,11H,2-6H2,1H3,(H,12,13). The minimum absolute atomic E-state index is 0.267. The van der Waals surface area contributed by atoms with Crippen LogP contribution in [0.15, 0.2) is 0 Å². The monoisotopic (exact) mass is 186 g/mol. The van der Waals surface area contributed by atoms with Crippen LogP contribution in [0.25, 0.3) is 0 Å². The summed E-state index contributed by atoms with van der Waals surface area (Å²) in [7, 11) is 0. The van der Waals surface area contributed by atoms with Gasteiger partial charge in [-0.3, -0.25) is 4.79 Å². The fraction of sp³-hybridized carbons (Fsp3) is 0.900. The lowest BCUT2D eigenvalue weighted by molar-refractivity contribution is -0.138. The molecule has 1 saturated carbocycles. The summed E-state index contributed by atoms with van der Waals surface area (Å²) in [4.78, 5) is 10.5. The molecule has 1 rings (SSSR count). The first kappa shape index (κ1) is 10.5. The van der Waals surface area contributed by atoms with Crippen LogP contribution >= 0.6 is 0 Å². The molecule has 3 atom stereocenters. The molecular weight excluding hydrogens is 168 g/mol. The first-order valence-electron chi connectivity index (χ1n) is 4.99. The summed E-state index contributed by atoms with van der Waals surface area (Å²) in [5.41, 5.74) is 0. The van der Waals surface area contributed by atoms with Crippen molar-refractivity contribution in [2.75, 3.05) is 0 Å². The van der Waals surface area contributed by atoms with Crippen LogP contribution in [0.2, 0.25) is 0 Å². The lowest BCUT2D eigenvalue weighted by Gasteiger charge is -2.29. The summed E-state index contributed by atoms with van der Waals surface area (Å²) < 4.78 is 0. The minimum atomic E-state index is -0.712. The Morgan fingerprint density at radius 3 is 2.77 bits per heavy atom. The summed E-state index contributed by atoms with van der Waals surface area (Å²) in [6.07, 6.45) is 3.99. The quantitative estimate of drug-likeness (QED) is 0.704. The molecule has 2 N–H and O–H groups in total. The average Bonchev–Trinajstić information content (AvgIpc) is 2.03. The van der Waals surface area contributed by atoms with Crippen molar-refractivity contribution >= 4 is 5.97 Å². The van der Waals surface area contributed by atoms with Crippen LogP contribution in [0.3, 0.4) is 0 Å². The molecule has 0 aromatic carbocycles. The Kier molecular flexibility index (Phi) is 3.72. The molecule has 1 aliphatic rings. The zero-order valence-electron chi connectivity index (χ0n) is 8.07. The van der Waals surface area contributed by atoms with E-state index in [1.807, 2.05) is 0 Å². The third-order valence-electron chi connectivity index (χ3n) is 2.97. The highest BCUT2D eigenvalue weighted by Gasteiger charge is 2.26. The van der Waals surface area contributed by atoms with Crippen LogP contribution < -0.4 is 0 Å². The van der Waals surface area contributed by atoms with E-state index >= 15 is 0 Å². The molecule has 1 fully saturated rings. The molecule has 0 radical (unpaired) electrons. The third-order valence-corrected chi connectivity index (χ3v) is 2.97. The first-order valence-corrected chi connectivity index (χ1v) is 4.99. The van der Waals surface area contributed by atoms with Gasteiger partial charge in [0.1, 0.15) is 0 Å². The van der Waals surface area contributed by atoms with Gasteiger partial charge in [-0.15, -0.1) is 0 Å². The van der Waals surface area contributed by atoms with Crippen molar-refractivity contribution in [3.8, 4) is 0 Å². The highest BCUT2D eigenvalue weighted by molar-refractivity contribution is 5.67. The van der Waals surface area contributed by atoms with E-state index in [0.29, 0.717) is 5.92 Å². The smallest absolute Gasteiger partial charge is 0.303 e. The molecule has 0 amide bonds. The van der Waals surface area contributed by atoms with Crippen molar-refractivity contribution in [1.82, 2.24) is 0 Å². The number of carboxylic acid groups (broad SMARTS) is 1. The number of aliphatic carboxylic acids is 1. The number of aliphatic hydroxyl groups is 1. The van der Waals surface area contributed by atoms with E-state index in [2.05, 4.69) is 0 Å². The minimum Gasteiger partial charge on any atom is -0.481 e. The predicted molar refractivity (Wildman–Crippen MR) is 49.4 cm³/mol. The van der Waals surface area contributed by atoms with Crippen LogP contribution in [-0.4, -0.2) is 22.3 Å². The molecule has 3 unspecified atom stereocenters. The lowest BCUT2D eigenvalue weighted by atomic mass is 9.78. The molecule has 13 heavy (non-hydrogen) atoms. The van der Waals surface area contributed by atoms with Crippen molar-refractivity contribution in [2.24, 2.45) is 11.8 Å². The second kappa shape index (κ2) is 4.61. The Balaban J connectivity index is 2.37. The molecule has 3 nitrogen and oxygen atoms in total. The Labute approximate surface area is 78.8 Å². The molecule has 3 heteroatoms. The zero-order chi connectivity index (χ0) is 9.84. The van der Waals surface area contributed by atoms with Crippen molar-refractivity contribution in [2.45, 2.75) is 45.1 Å². The second-order valence-electron chi connectivity index (χ2n) is 4.13. The fourth-order valence-corrected chi connectivity index (χ4v) is 2.20. The summed E-state index contributed by atoms with van der Waals surface area (Å²) in [6, 6.07) is 0. The van der Waals surface area contributed by atoms with E-state index < -0.39 is 5.97 Å². The Hall–Kier alpha value is -0.570. The van der Waals surface area contributed by atoms with Gasteiger partial charge in [0.2, 0.25) is 0 Å². The number of carbonyl (C=O) groups is 1. The Bertz CT molecular complexity index is 177. The van der Waals surface area contributed by atoms with Gasteiger partial charge in [0.05, 0.1) is 6.10 Å². The fourth-order valence-electron chi connectivity index (χ4n) is 2.20. The van der Waals surface area contributed by atoms with E-state index in [-0.39, 0.29) is 18.4 Å². The summed E-state index contributed by atoms with van der Waals surface area (Å²) in [6.45, 7) is 1.80. The molecule has 0 saturated heterocycles. The molecule has 0 aromatic rings. The summed E-state index contributed by atoms with van der Waals surface area (Å²) in [5, 5.41) is 18.0. The number of aliphatic hydroxyl groups excluding tert-OH is 1. The molecule has 76 valence electrons. The SMILES string of the molecule is CC(O)C1CCCC(CC(=O)O)C1. The highest BCUT2D eigenvalue weighted by atomic mass is 16.4. The van der Waals surface area contributed by atoms with E-state index in [4.69, 9.17) is 5.11 Å². The molecular formula is C10H18O3. The van der Waals surface area contributed by atoms with Gasteiger partial charge in [-0.05, 0) is 38.0 Å². The van der Waals surface area contributed by atoms with Crippen molar-refractivity contribution in [3.63, 3.8) is 0 Å². The van der Waals surface area contributed by atoms with E-state index in [1.54, 1.807) is 6.92 Å². The van der Waals surface area contributed by atoms with Crippen LogP contribution in [0.5, 0.6) is 0 Å². The van der Waals surface area contributed by atoms with Gasteiger partial charge in [0.15, 0.2) is 0 Å². The summed E-state index contributed by atoms with van der Waals surface area (Å²) >= 11 is 0. The predicted octanol–water partition coefficient (Wildman–Crippen LogP) is 1.65. The zero-order valence-corrected chi connectivity index (χ0v) is 8.07. The first-order chi connectivity index (χ1) is 6.09. The van der Waals surface area contributed by atoms with Crippen LogP contribution in [-0.2, 0) is 4.79 Å². The topological polar surface area (TPSA) is 57.5 Å². The highest BCUT2D eigenvalue weighted by Crippen LogP contribution is 2.32. The van der Waals surface area contributed by atoms with Gasteiger partial charge in [-0.25, -0.2) is 0 Å². The van der Waals surface area contributed by atoms with Crippen LogP contribution in [0.4, 0.5) is 0 Å². The molecule has 0 spiro atoms. The largest absolute Gasteiger partial charge is 0.481 e. The Morgan fingerprint density at radius 2 is 2.23 bits per heavy atom. The van der Waals surface area contributed by atoms with Gasteiger partial charge in [-0.1, -0.05) is 6.42 Å². The number of carboxylic acids is 1. The van der Waals surface area contributed by atoms with Gasteiger partial charge < -0.3 is 10.2 Å². The number of hydrogen-bond donors (Lipinski definition) is 2. The average molecular weight is 186 g/mol. The van der Waals surface area contributed by atoms with Crippen LogP contribution in [0.1, 0.15) is 39.0 Å². The van der Waals surface area contributed by atoms with E-state index in [0.717, 1.165) is 25.7 Å². The van der Waals surface area contributed by atoms with Crippen molar-refractivity contribution in [3.05, 3.63) is 0 Å². The van der Waals surface area contributed by atoms with Crippen molar-refractivity contribution in [1.29, 1.82) is 0 Å². The Morgan fingerprint density at radius 1 is 1.54 bits per heavy atom. The molecule has 1 aliphatic carbocycles. The van der Waals surface area contributed by atoms with Crippen LogP contribution in [0, 0.1) is 11.8 Å². The molecule has 0 bridgehead atoms. The van der Waals surface area contributed by atoms with Gasteiger partial charge >= 0.3 is 5.97 Å². The summed E-state index contributed by atoms with van der Waals surface area (Å²) in [5.74, 6) is -0.111. The third kappa shape index (κ3) is 3.35. The second-order valence-corrected chi connectivity index (χ2v) is 4.13.